The van der Waals surface area contributed by atoms with Crippen molar-refractivity contribution < 1.29 is 4.39 Å². The van der Waals surface area contributed by atoms with Crippen molar-refractivity contribution in [3.63, 3.8) is 0 Å². The predicted molar refractivity (Wildman–Crippen MR) is 53.2 cm³/mol. The molecule has 0 spiro atoms. The third kappa shape index (κ3) is 1.64. The quantitative estimate of drug-likeness (QED) is 0.767. The standard InChI is InChI=1S/C9H8FN3S/c10-9-6(3-11)1-2-7(13-9)8-4-12-5-14-8/h1-2,4-5H,3,11H2. The van der Waals surface area contributed by atoms with Gasteiger partial charge in [0.1, 0.15) is 0 Å². The lowest BCUT2D eigenvalue weighted by Crippen LogP contribution is -2.01. The van der Waals surface area contributed by atoms with E-state index in [0.717, 1.165) is 4.88 Å². The summed E-state index contributed by atoms with van der Waals surface area (Å²) in [5.41, 5.74) is 8.04. The van der Waals surface area contributed by atoms with Crippen molar-refractivity contribution in [2.24, 2.45) is 5.73 Å². The molecule has 0 fully saturated rings. The molecule has 0 atom stereocenters. The fourth-order valence-electron chi connectivity index (χ4n) is 1.09. The molecule has 0 aromatic carbocycles. The molecule has 2 rings (SSSR count). The van der Waals surface area contributed by atoms with Gasteiger partial charge in [-0.25, -0.2) is 4.98 Å². The van der Waals surface area contributed by atoms with E-state index in [1.807, 2.05) is 0 Å². The van der Waals surface area contributed by atoms with Gasteiger partial charge in [-0.2, -0.15) is 4.39 Å². The van der Waals surface area contributed by atoms with E-state index >= 15 is 0 Å². The zero-order valence-corrected chi connectivity index (χ0v) is 8.09. The van der Waals surface area contributed by atoms with Crippen molar-refractivity contribution in [2.45, 2.75) is 6.54 Å². The summed E-state index contributed by atoms with van der Waals surface area (Å²) < 4.78 is 13.2. The van der Waals surface area contributed by atoms with Crippen LogP contribution in [0.1, 0.15) is 5.56 Å². The molecule has 2 heterocycles. The van der Waals surface area contributed by atoms with Crippen molar-refractivity contribution in [3.05, 3.63) is 35.4 Å². The number of hydrogen-bond acceptors (Lipinski definition) is 4. The van der Waals surface area contributed by atoms with E-state index in [1.165, 1.54) is 11.3 Å². The molecule has 0 aliphatic rings. The first-order valence-electron chi connectivity index (χ1n) is 4.05. The van der Waals surface area contributed by atoms with E-state index in [1.54, 1.807) is 23.8 Å². The van der Waals surface area contributed by atoms with Crippen molar-refractivity contribution in [1.82, 2.24) is 9.97 Å². The number of aromatic nitrogens is 2. The lowest BCUT2D eigenvalue weighted by Gasteiger charge is -2.00. The minimum Gasteiger partial charge on any atom is -0.326 e. The SMILES string of the molecule is NCc1ccc(-c2cncs2)nc1F. The molecule has 0 saturated carbocycles. The zero-order valence-electron chi connectivity index (χ0n) is 7.27. The molecule has 0 amide bonds. The zero-order chi connectivity index (χ0) is 9.97. The van der Waals surface area contributed by atoms with Gasteiger partial charge in [-0.15, -0.1) is 11.3 Å². The largest absolute Gasteiger partial charge is 0.326 e. The highest BCUT2D eigenvalue weighted by Crippen LogP contribution is 2.21. The second-order valence-electron chi connectivity index (χ2n) is 2.72. The van der Waals surface area contributed by atoms with Crippen molar-refractivity contribution in [3.8, 4) is 10.6 Å². The summed E-state index contributed by atoms with van der Waals surface area (Å²) in [6.45, 7) is 0.168. The number of halogens is 1. The number of thiazole rings is 1. The molecule has 2 aromatic heterocycles. The third-order valence-electron chi connectivity index (χ3n) is 1.83. The average molecular weight is 209 g/mol. The Labute approximate surface area is 84.4 Å². The van der Waals surface area contributed by atoms with E-state index in [2.05, 4.69) is 9.97 Å². The molecule has 3 nitrogen and oxygen atoms in total. The molecule has 0 bridgehead atoms. The van der Waals surface area contributed by atoms with E-state index < -0.39 is 5.95 Å². The van der Waals surface area contributed by atoms with E-state index in [-0.39, 0.29) is 6.54 Å². The van der Waals surface area contributed by atoms with Gasteiger partial charge in [0.25, 0.3) is 0 Å². The van der Waals surface area contributed by atoms with Crippen LogP contribution in [0.2, 0.25) is 0 Å². The Bertz CT molecular complexity index is 428. The Morgan fingerprint density at radius 2 is 2.29 bits per heavy atom. The van der Waals surface area contributed by atoms with Gasteiger partial charge in [0.2, 0.25) is 5.95 Å². The van der Waals surface area contributed by atoms with Gasteiger partial charge in [0.05, 0.1) is 16.1 Å². The van der Waals surface area contributed by atoms with Crippen molar-refractivity contribution in [1.29, 1.82) is 0 Å². The molecule has 0 saturated heterocycles. The van der Waals surface area contributed by atoms with Crippen LogP contribution >= 0.6 is 11.3 Å². The second-order valence-corrected chi connectivity index (χ2v) is 3.60. The van der Waals surface area contributed by atoms with Crippen LogP contribution in [-0.2, 0) is 6.54 Å². The molecule has 2 N–H and O–H groups in total. The van der Waals surface area contributed by atoms with Gasteiger partial charge in [0, 0.05) is 18.3 Å². The molecular formula is C9H8FN3S. The molecule has 14 heavy (non-hydrogen) atoms. The Balaban J connectivity index is 2.43. The van der Waals surface area contributed by atoms with Gasteiger partial charge in [-0.1, -0.05) is 6.07 Å². The number of nitrogens with two attached hydrogens (primary N) is 1. The highest BCUT2D eigenvalue weighted by atomic mass is 32.1. The van der Waals surface area contributed by atoms with Crippen molar-refractivity contribution in [2.75, 3.05) is 0 Å². The van der Waals surface area contributed by atoms with Crippen molar-refractivity contribution >= 4 is 11.3 Å². The maximum Gasteiger partial charge on any atom is 0.217 e. The summed E-state index contributed by atoms with van der Waals surface area (Å²) in [5, 5.41) is 0. The number of pyridine rings is 1. The molecule has 0 unspecified atom stereocenters. The number of hydrogen-bond donors (Lipinski definition) is 1. The van der Waals surface area contributed by atoms with Crippen LogP contribution in [0.3, 0.4) is 0 Å². The lowest BCUT2D eigenvalue weighted by atomic mass is 10.2. The second kappa shape index (κ2) is 3.81. The Kier molecular flexibility index (Phi) is 2.51. The fraction of sp³-hybridized carbons (Fsp3) is 0.111. The van der Waals surface area contributed by atoms with Crippen LogP contribution in [0.15, 0.2) is 23.8 Å². The Morgan fingerprint density at radius 1 is 1.43 bits per heavy atom. The van der Waals surface area contributed by atoms with Gasteiger partial charge in [0.15, 0.2) is 0 Å². The minimum atomic E-state index is -0.501. The van der Waals surface area contributed by atoms with Gasteiger partial charge < -0.3 is 5.73 Å². The van der Waals surface area contributed by atoms with Gasteiger partial charge in [-0.3, -0.25) is 4.98 Å². The number of nitrogens with zero attached hydrogens (tertiary/aromatic N) is 2. The maximum absolute atomic E-state index is 13.2. The maximum atomic E-state index is 13.2. The highest BCUT2D eigenvalue weighted by molar-refractivity contribution is 7.13. The van der Waals surface area contributed by atoms with E-state index in [4.69, 9.17) is 5.73 Å². The average Bonchev–Trinajstić information content (AvgIpc) is 2.70. The fourth-order valence-corrected chi connectivity index (χ4v) is 1.69. The first-order chi connectivity index (χ1) is 6.81. The summed E-state index contributed by atoms with van der Waals surface area (Å²) in [6, 6.07) is 3.40. The summed E-state index contributed by atoms with van der Waals surface area (Å²) >= 11 is 1.43. The van der Waals surface area contributed by atoms with Crippen LogP contribution in [-0.4, -0.2) is 9.97 Å². The first-order valence-corrected chi connectivity index (χ1v) is 4.93. The monoisotopic (exact) mass is 209 g/mol. The van der Waals surface area contributed by atoms with Gasteiger partial charge in [-0.05, 0) is 6.07 Å². The number of rotatable bonds is 2. The predicted octanol–water partition coefficient (Wildman–Crippen LogP) is 1.80. The smallest absolute Gasteiger partial charge is 0.217 e. The molecular weight excluding hydrogens is 201 g/mol. The topological polar surface area (TPSA) is 51.8 Å². The first kappa shape index (κ1) is 9.23. The molecule has 72 valence electrons. The molecule has 0 aliphatic heterocycles. The summed E-state index contributed by atoms with van der Waals surface area (Å²) in [4.78, 5) is 8.57. The molecule has 0 aliphatic carbocycles. The van der Waals surface area contributed by atoms with Crippen LogP contribution in [0.5, 0.6) is 0 Å². The Morgan fingerprint density at radius 3 is 2.86 bits per heavy atom. The Hall–Kier alpha value is -1.33. The van der Waals surface area contributed by atoms with Crippen LogP contribution < -0.4 is 5.73 Å². The minimum absolute atomic E-state index is 0.168. The lowest BCUT2D eigenvalue weighted by molar-refractivity contribution is 0.569. The van der Waals surface area contributed by atoms with E-state index in [9.17, 15) is 4.39 Å². The third-order valence-corrected chi connectivity index (χ3v) is 2.63. The van der Waals surface area contributed by atoms with E-state index in [0.29, 0.717) is 11.3 Å². The van der Waals surface area contributed by atoms with Crippen LogP contribution in [0, 0.1) is 5.95 Å². The molecule has 2 aromatic rings. The molecule has 5 heteroatoms. The highest BCUT2D eigenvalue weighted by Gasteiger charge is 2.06. The van der Waals surface area contributed by atoms with Crippen LogP contribution in [0.4, 0.5) is 4.39 Å². The van der Waals surface area contributed by atoms with Gasteiger partial charge >= 0.3 is 0 Å². The molecule has 0 radical (unpaired) electrons. The van der Waals surface area contributed by atoms with Crippen LogP contribution in [0.25, 0.3) is 10.6 Å². The summed E-state index contributed by atoms with van der Waals surface area (Å²) in [5.74, 6) is -0.501. The normalized spacial score (nSPS) is 10.4. The summed E-state index contributed by atoms with van der Waals surface area (Å²) in [7, 11) is 0. The summed E-state index contributed by atoms with van der Waals surface area (Å²) in [6.07, 6.45) is 1.66.